The van der Waals surface area contributed by atoms with Gasteiger partial charge in [0.1, 0.15) is 0 Å². The number of aromatic nitrogens is 1. The normalized spacial score (nSPS) is 17.6. The van der Waals surface area contributed by atoms with Gasteiger partial charge in [-0.1, -0.05) is 81.4 Å². The maximum Gasteiger partial charge on any atom is 0.322 e. The maximum atomic E-state index is 7.03. The molecule has 1 atom stereocenters. The van der Waals surface area contributed by atoms with Crippen molar-refractivity contribution in [3.8, 4) is 5.88 Å². The van der Waals surface area contributed by atoms with Crippen LogP contribution in [-0.2, 0) is 6.42 Å². The fourth-order valence-corrected chi connectivity index (χ4v) is 9.83. The molecule has 5 heteroatoms. The van der Waals surface area contributed by atoms with E-state index in [2.05, 4.69) is 92.1 Å². The molecule has 4 rings (SSSR count). The summed E-state index contributed by atoms with van der Waals surface area (Å²) >= 11 is 1.74. The van der Waals surface area contributed by atoms with Crippen LogP contribution in [0.1, 0.15) is 38.6 Å². The predicted octanol–water partition coefficient (Wildman–Crippen LogP) is 4.62. The highest BCUT2D eigenvalue weighted by atomic mass is 32.1. The van der Waals surface area contributed by atoms with E-state index < -0.39 is 8.32 Å². The first-order valence-electron chi connectivity index (χ1n) is 10.9. The van der Waals surface area contributed by atoms with Crippen LogP contribution < -0.4 is 20.1 Å². The molecular weight excluding hydrogens is 404 g/mol. The van der Waals surface area contributed by atoms with Crippen molar-refractivity contribution in [1.82, 2.24) is 10.3 Å². The molecule has 1 fully saturated rings. The molecule has 0 radical (unpaired) electrons. The molecule has 2 aromatic carbocycles. The van der Waals surface area contributed by atoms with Gasteiger partial charge >= 0.3 is 8.32 Å². The van der Waals surface area contributed by atoms with Crippen molar-refractivity contribution in [3.63, 3.8) is 0 Å². The Kier molecular flexibility index (Phi) is 6.42. The minimum absolute atomic E-state index is 0.0488. The first-order valence-corrected chi connectivity index (χ1v) is 13.7. The summed E-state index contributed by atoms with van der Waals surface area (Å²) in [6.07, 6.45) is 3.60. The van der Waals surface area contributed by atoms with E-state index in [1.165, 1.54) is 28.2 Å². The van der Waals surface area contributed by atoms with Crippen LogP contribution in [0.3, 0.4) is 0 Å². The van der Waals surface area contributed by atoms with Gasteiger partial charge in [-0.3, -0.25) is 0 Å². The molecule has 0 aliphatic carbocycles. The van der Waals surface area contributed by atoms with E-state index >= 15 is 0 Å². The van der Waals surface area contributed by atoms with E-state index in [0.29, 0.717) is 5.92 Å². The molecule has 3 nitrogen and oxygen atoms in total. The maximum absolute atomic E-state index is 7.03. The van der Waals surface area contributed by atoms with Gasteiger partial charge in [-0.25, -0.2) is 4.98 Å². The second-order valence-electron chi connectivity index (χ2n) is 9.26. The summed E-state index contributed by atoms with van der Waals surface area (Å²) < 4.78 is 7.03. The van der Waals surface area contributed by atoms with E-state index in [9.17, 15) is 0 Å². The first kappa shape index (κ1) is 21.3. The molecule has 1 N–H and O–H groups in total. The number of hydrogen-bond acceptors (Lipinski definition) is 4. The molecule has 2 heterocycles. The van der Waals surface area contributed by atoms with Gasteiger partial charge in [0.25, 0.3) is 0 Å². The number of piperidine rings is 1. The summed E-state index contributed by atoms with van der Waals surface area (Å²) in [5.74, 6) is 1.47. The van der Waals surface area contributed by atoms with E-state index in [4.69, 9.17) is 9.41 Å². The first-order chi connectivity index (χ1) is 14.5. The molecule has 1 aliphatic rings. The van der Waals surface area contributed by atoms with Gasteiger partial charge in [0.15, 0.2) is 0 Å². The van der Waals surface area contributed by atoms with Crippen molar-refractivity contribution in [2.45, 2.75) is 45.1 Å². The zero-order valence-electron chi connectivity index (χ0n) is 18.2. The van der Waals surface area contributed by atoms with Crippen molar-refractivity contribution in [1.29, 1.82) is 0 Å². The summed E-state index contributed by atoms with van der Waals surface area (Å²) in [5.41, 5.74) is 0. The fraction of sp³-hybridized carbons (Fsp3) is 0.400. The molecular formula is C25H32N2OSSi. The lowest BCUT2D eigenvalue weighted by atomic mass is 9.97. The molecule has 0 bridgehead atoms. The van der Waals surface area contributed by atoms with Crippen molar-refractivity contribution < 1.29 is 4.43 Å². The third-order valence-corrected chi connectivity index (χ3v) is 11.8. The van der Waals surface area contributed by atoms with Crippen LogP contribution in [0, 0.1) is 5.92 Å². The van der Waals surface area contributed by atoms with Crippen LogP contribution in [0.5, 0.6) is 5.88 Å². The van der Waals surface area contributed by atoms with Crippen molar-refractivity contribution in [2.24, 2.45) is 5.92 Å². The Balaban J connectivity index is 1.70. The minimum atomic E-state index is -2.60. The molecule has 0 saturated carbocycles. The average molecular weight is 437 g/mol. The lowest BCUT2D eigenvalue weighted by Crippen LogP contribution is -2.68. The van der Waals surface area contributed by atoms with Crippen LogP contribution in [0.25, 0.3) is 0 Å². The Morgan fingerprint density at radius 2 is 1.67 bits per heavy atom. The minimum Gasteiger partial charge on any atom is -0.521 e. The van der Waals surface area contributed by atoms with Gasteiger partial charge in [0, 0.05) is 6.42 Å². The molecule has 1 aromatic heterocycles. The molecule has 30 heavy (non-hydrogen) atoms. The van der Waals surface area contributed by atoms with Crippen LogP contribution in [0.15, 0.2) is 66.0 Å². The molecule has 0 amide bonds. The topological polar surface area (TPSA) is 34.1 Å². The predicted molar refractivity (Wildman–Crippen MR) is 130 cm³/mol. The Morgan fingerprint density at radius 3 is 2.20 bits per heavy atom. The largest absolute Gasteiger partial charge is 0.521 e. The number of nitrogens with one attached hydrogen (secondary N) is 1. The quantitative estimate of drug-likeness (QED) is 0.572. The van der Waals surface area contributed by atoms with E-state index in [1.54, 1.807) is 11.3 Å². The van der Waals surface area contributed by atoms with Gasteiger partial charge in [0.2, 0.25) is 5.88 Å². The van der Waals surface area contributed by atoms with Crippen molar-refractivity contribution in [2.75, 3.05) is 13.1 Å². The van der Waals surface area contributed by atoms with Gasteiger partial charge < -0.3 is 9.74 Å². The van der Waals surface area contributed by atoms with E-state index in [-0.39, 0.29) is 5.04 Å². The second-order valence-corrected chi connectivity index (χ2v) is 14.4. The Morgan fingerprint density at radius 1 is 1.03 bits per heavy atom. The lowest BCUT2D eigenvalue weighted by molar-refractivity contribution is 0.375. The highest BCUT2D eigenvalue weighted by molar-refractivity contribution is 7.10. The Hall–Kier alpha value is -1.95. The molecule has 3 aromatic rings. The Labute approximate surface area is 185 Å². The number of nitrogens with zero attached hydrogens (tertiary/aromatic N) is 1. The zero-order valence-corrected chi connectivity index (χ0v) is 20.0. The SMILES string of the molecule is CC(C)(C)[Si](Oc1csc(CC2CCCNC2)n1)(c1ccccc1)c1ccccc1. The smallest absolute Gasteiger partial charge is 0.322 e. The summed E-state index contributed by atoms with van der Waals surface area (Å²) in [4.78, 5) is 4.96. The van der Waals surface area contributed by atoms with Crippen molar-refractivity contribution in [3.05, 3.63) is 71.1 Å². The summed E-state index contributed by atoms with van der Waals surface area (Å²) in [6.45, 7) is 9.17. The van der Waals surface area contributed by atoms with Crippen LogP contribution in [0.2, 0.25) is 5.04 Å². The molecule has 1 unspecified atom stereocenters. The highest BCUT2D eigenvalue weighted by Crippen LogP contribution is 2.38. The van der Waals surface area contributed by atoms with Gasteiger partial charge in [-0.15, -0.1) is 11.3 Å². The Bertz CT molecular complexity index is 891. The zero-order chi connectivity index (χ0) is 21.0. The monoisotopic (exact) mass is 436 g/mol. The van der Waals surface area contributed by atoms with Crippen LogP contribution in [0.4, 0.5) is 0 Å². The summed E-state index contributed by atoms with van der Waals surface area (Å²) in [5, 5.41) is 9.35. The molecule has 1 saturated heterocycles. The fourth-order valence-electron chi connectivity index (χ4n) is 4.59. The molecule has 1 aliphatic heterocycles. The van der Waals surface area contributed by atoms with Gasteiger partial charge in [0.05, 0.1) is 10.4 Å². The third-order valence-electron chi connectivity index (χ3n) is 6.07. The highest BCUT2D eigenvalue weighted by Gasteiger charge is 2.52. The molecule has 158 valence electrons. The number of thiazole rings is 1. The van der Waals surface area contributed by atoms with Crippen molar-refractivity contribution >= 4 is 30.0 Å². The third kappa shape index (κ3) is 4.38. The van der Waals surface area contributed by atoms with Gasteiger partial charge in [-0.2, -0.15) is 0 Å². The summed E-state index contributed by atoms with van der Waals surface area (Å²) in [7, 11) is -2.60. The lowest BCUT2D eigenvalue weighted by Gasteiger charge is -2.42. The van der Waals surface area contributed by atoms with Gasteiger partial charge in [-0.05, 0) is 47.3 Å². The number of rotatable bonds is 6. The van der Waals surface area contributed by atoms with E-state index in [0.717, 1.165) is 25.4 Å². The standard InChI is InChI=1S/C25H32N2OSSi/c1-25(2,3)30(21-12-6-4-7-13-21,22-14-8-5-9-15-22)28-23-19-29-24(27-23)17-20-11-10-16-26-18-20/h4-9,12-15,19-20,26H,10-11,16-18H2,1-3H3. The second kappa shape index (κ2) is 9.04. The molecule has 0 spiro atoms. The van der Waals surface area contributed by atoms with Crippen LogP contribution >= 0.6 is 11.3 Å². The average Bonchev–Trinajstić information content (AvgIpc) is 3.20. The summed E-state index contributed by atoms with van der Waals surface area (Å²) in [6, 6.07) is 21.6. The van der Waals surface area contributed by atoms with Crippen LogP contribution in [-0.4, -0.2) is 26.4 Å². The van der Waals surface area contributed by atoms with E-state index in [1.807, 2.05) is 0 Å². The number of benzene rings is 2. The number of hydrogen-bond donors (Lipinski definition) is 1.